The van der Waals surface area contributed by atoms with Crippen LogP contribution in [0.5, 0.6) is 0 Å². The van der Waals surface area contributed by atoms with Crippen molar-refractivity contribution in [3.63, 3.8) is 0 Å². The molecular weight excluding hydrogens is 358 g/mol. The summed E-state index contributed by atoms with van der Waals surface area (Å²) in [6, 6.07) is 12.4. The van der Waals surface area contributed by atoms with E-state index in [0.717, 1.165) is 27.7 Å². The van der Waals surface area contributed by atoms with Crippen LogP contribution in [0.1, 0.15) is 11.1 Å². The first-order valence-electron chi connectivity index (χ1n) is 7.63. The van der Waals surface area contributed by atoms with Gasteiger partial charge in [0.15, 0.2) is 0 Å². The van der Waals surface area contributed by atoms with Crippen molar-refractivity contribution in [1.82, 2.24) is 4.98 Å². The van der Waals surface area contributed by atoms with Gasteiger partial charge in [-0.1, -0.05) is 23.7 Å². The number of nitrogens with two attached hydrogens (primary N) is 1. The molecule has 0 spiro atoms. The van der Waals surface area contributed by atoms with Gasteiger partial charge >= 0.3 is 0 Å². The third kappa shape index (κ3) is 3.76. The average Bonchev–Trinajstić information content (AvgIpc) is 2.55. The van der Waals surface area contributed by atoms with Crippen molar-refractivity contribution in [2.75, 3.05) is 11.9 Å². The Morgan fingerprint density at radius 3 is 2.48 bits per heavy atom. The number of primary sulfonamides is 1. The SMILES string of the molecule is Cc1cc2c(N(C)Cc3ccc(S(N)(=O)=O)cc3)ccnc2cc1Cl. The van der Waals surface area contributed by atoms with Gasteiger partial charge in [-0.05, 0) is 48.4 Å². The molecule has 5 nitrogen and oxygen atoms in total. The smallest absolute Gasteiger partial charge is 0.238 e. The minimum Gasteiger partial charge on any atom is -0.370 e. The summed E-state index contributed by atoms with van der Waals surface area (Å²) in [5, 5.41) is 6.85. The summed E-state index contributed by atoms with van der Waals surface area (Å²) < 4.78 is 22.7. The zero-order valence-corrected chi connectivity index (χ0v) is 15.5. The van der Waals surface area contributed by atoms with Crippen LogP contribution in [0.15, 0.2) is 53.6 Å². The van der Waals surface area contributed by atoms with Gasteiger partial charge in [0.2, 0.25) is 10.0 Å². The Labute approximate surface area is 152 Å². The number of hydrogen-bond acceptors (Lipinski definition) is 4. The first-order valence-corrected chi connectivity index (χ1v) is 9.56. The van der Waals surface area contributed by atoms with Gasteiger partial charge in [0.25, 0.3) is 0 Å². The molecule has 7 heteroatoms. The van der Waals surface area contributed by atoms with Crippen LogP contribution in [0.3, 0.4) is 0 Å². The lowest BCUT2D eigenvalue weighted by Crippen LogP contribution is -2.17. The lowest BCUT2D eigenvalue weighted by molar-refractivity contribution is 0.598. The van der Waals surface area contributed by atoms with Crippen molar-refractivity contribution in [2.24, 2.45) is 5.14 Å². The van der Waals surface area contributed by atoms with E-state index in [-0.39, 0.29) is 4.90 Å². The van der Waals surface area contributed by atoms with Crippen molar-refractivity contribution in [3.8, 4) is 0 Å². The van der Waals surface area contributed by atoms with Gasteiger partial charge in [0.05, 0.1) is 10.4 Å². The molecule has 0 radical (unpaired) electrons. The molecule has 3 aromatic rings. The van der Waals surface area contributed by atoms with Crippen LogP contribution in [0.2, 0.25) is 5.02 Å². The second kappa shape index (κ2) is 6.63. The second-order valence-corrected chi connectivity index (χ2v) is 7.96. The first kappa shape index (κ1) is 17.7. The van der Waals surface area contributed by atoms with Gasteiger partial charge in [-0.25, -0.2) is 13.6 Å². The van der Waals surface area contributed by atoms with E-state index in [1.54, 1.807) is 18.3 Å². The normalized spacial score (nSPS) is 11.7. The monoisotopic (exact) mass is 375 g/mol. The molecule has 0 aliphatic rings. The Morgan fingerprint density at radius 2 is 1.84 bits per heavy atom. The van der Waals surface area contributed by atoms with Crippen LogP contribution in [0.25, 0.3) is 10.9 Å². The molecule has 3 rings (SSSR count). The number of benzene rings is 2. The predicted molar refractivity (Wildman–Crippen MR) is 101 cm³/mol. The summed E-state index contributed by atoms with van der Waals surface area (Å²) in [6.07, 6.45) is 1.75. The molecule has 0 unspecified atom stereocenters. The van der Waals surface area contributed by atoms with E-state index in [9.17, 15) is 8.42 Å². The lowest BCUT2D eigenvalue weighted by atomic mass is 10.1. The van der Waals surface area contributed by atoms with Crippen molar-refractivity contribution in [1.29, 1.82) is 0 Å². The zero-order chi connectivity index (χ0) is 18.2. The maximum atomic E-state index is 11.3. The van der Waals surface area contributed by atoms with E-state index >= 15 is 0 Å². The van der Waals surface area contributed by atoms with E-state index < -0.39 is 10.0 Å². The number of aryl methyl sites for hydroxylation is 1. The molecule has 2 N–H and O–H groups in total. The molecule has 0 amide bonds. The summed E-state index contributed by atoms with van der Waals surface area (Å²) >= 11 is 6.19. The van der Waals surface area contributed by atoms with Crippen LogP contribution in [0, 0.1) is 6.92 Å². The molecular formula is C18H18ClN3O2S. The Balaban J connectivity index is 1.92. The van der Waals surface area contributed by atoms with Crippen molar-refractivity contribution in [3.05, 3.63) is 64.8 Å². The fourth-order valence-electron chi connectivity index (χ4n) is 2.74. The lowest BCUT2D eigenvalue weighted by Gasteiger charge is -2.21. The molecule has 0 saturated heterocycles. The Kier molecular flexibility index (Phi) is 4.69. The molecule has 0 bridgehead atoms. The Bertz CT molecular complexity index is 1030. The van der Waals surface area contributed by atoms with E-state index in [1.165, 1.54) is 12.1 Å². The molecule has 0 saturated carbocycles. The number of halogens is 1. The molecule has 130 valence electrons. The van der Waals surface area contributed by atoms with Gasteiger partial charge in [0.1, 0.15) is 0 Å². The highest BCUT2D eigenvalue weighted by atomic mass is 35.5. The van der Waals surface area contributed by atoms with Gasteiger partial charge in [-0.3, -0.25) is 4.98 Å². The Morgan fingerprint density at radius 1 is 1.16 bits per heavy atom. The fraction of sp³-hybridized carbons (Fsp3) is 0.167. The fourth-order valence-corrected chi connectivity index (χ4v) is 3.41. The standard InChI is InChI=1S/C18H18ClN3O2S/c1-12-9-15-17(10-16(12)19)21-8-7-18(15)22(2)11-13-3-5-14(6-4-13)25(20,23)24/h3-10H,11H2,1-2H3,(H2,20,23,24). The summed E-state index contributed by atoms with van der Waals surface area (Å²) in [7, 11) is -1.69. The third-order valence-corrected chi connectivity index (χ3v) is 5.42. The summed E-state index contributed by atoms with van der Waals surface area (Å²) in [5.74, 6) is 0. The molecule has 1 heterocycles. The number of nitrogens with zero attached hydrogens (tertiary/aromatic N) is 2. The van der Waals surface area contributed by atoms with Crippen molar-refractivity contribution in [2.45, 2.75) is 18.4 Å². The Hall–Kier alpha value is -2.15. The van der Waals surface area contributed by atoms with Gasteiger partial charge in [-0.2, -0.15) is 0 Å². The largest absolute Gasteiger partial charge is 0.370 e. The first-order chi connectivity index (χ1) is 11.8. The highest BCUT2D eigenvalue weighted by Crippen LogP contribution is 2.30. The number of anilines is 1. The van der Waals surface area contributed by atoms with E-state index in [0.29, 0.717) is 11.6 Å². The maximum absolute atomic E-state index is 11.3. The van der Waals surface area contributed by atoms with Crippen LogP contribution >= 0.6 is 11.6 Å². The number of fused-ring (bicyclic) bond motifs is 1. The topological polar surface area (TPSA) is 76.3 Å². The molecule has 0 aliphatic carbocycles. The number of pyridine rings is 1. The molecule has 2 aromatic carbocycles. The summed E-state index contributed by atoms with van der Waals surface area (Å²) in [4.78, 5) is 6.58. The summed E-state index contributed by atoms with van der Waals surface area (Å²) in [6.45, 7) is 2.58. The quantitative estimate of drug-likeness (QED) is 0.757. The van der Waals surface area contributed by atoms with Crippen LogP contribution in [-0.4, -0.2) is 20.4 Å². The molecule has 25 heavy (non-hydrogen) atoms. The van der Waals surface area contributed by atoms with Crippen LogP contribution < -0.4 is 10.0 Å². The third-order valence-electron chi connectivity index (χ3n) is 4.08. The zero-order valence-electron chi connectivity index (χ0n) is 13.9. The minimum atomic E-state index is -3.67. The van der Waals surface area contributed by atoms with Crippen LogP contribution in [-0.2, 0) is 16.6 Å². The van der Waals surface area contributed by atoms with Crippen LogP contribution in [0.4, 0.5) is 5.69 Å². The summed E-state index contributed by atoms with van der Waals surface area (Å²) in [5.41, 5.74) is 3.84. The predicted octanol–water partition coefficient (Wildman–Crippen LogP) is 3.48. The number of rotatable bonds is 4. The number of aromatic nitrogens is 1. The van der Waals surface area contributed by atoms with Gasteiger partial charge in [-0.15, -0.1) is 0 Å². The van der Waals surface area contributed by atoms with E-state index in [4.69, 9.17) is 16.7 Å². The molecule has 0 aliphatic heterocycles. The van der Waals surface area contributed by atoms with E-state index in [2.05, 4.69) is 9.88 Å². The maximum Gasteiger partial charge on any atom is 0.238 e. The molecule has 0 fully saturated rings. The number of sulfonamides is 1. The van der Waals surface area contributed by atoms with Gasteiger partial charge in [0, 0.05) is 35.9 Å². The van der Waals surface area contributed by atoms with Crippen molar-refractivity contribution >= 4 is 38.2 Å². The van der Waals surface area contributed by atoms with Crippen molar-refractivity contribution < 1.29 is 8.42 Å². The highest BCUT2D eigenvalue weighted by molar-refractivity contribution is 7.89. The van der Waals surface area contributed by atoms with E-state index in [1.807, 2.05) is 32.2 Å². The molecule has 1 aromatic heterocycles. The minimum absolute atomic E-state index is 0.110. The number of hydrogen-bond donors (Lipinski definition) is 1. The van der Waals surface area contributed by atoms with Gasteiger partial charge < -0.3 is 4.90 Å². The average molecular weight is 376 g/mol. The molecule has 0 atom stereocenters. The highest BCUT2D eigenvalue weighted by Gasteiger charge is 2.11. The second-order valence-electron chi connectivity index (χ2n) is 5.99.